The number of rotatable bonds is 3. The Bertz CT molecular complexity index is 129. The molecule has 0 bridgehead atoms. The number of aliphatic hydroxyl groups excluding tert-OH is 2. The Hall–Kier alpha value is -1.03. The number of aliphatic hydroxyl groups is 2. The van der Waals surface area contributed by atoms with Crippen molar-refractivity contribution in [2.24, 2.45) is 0 Å². The van der Waals surface area contributed by atoms with Gasteiger partial charge in [0.25, 0.3) is 0 Å². The summed E-state index contributed by atoms with van der Waals surface area (Å²) in [6.07, 6.45) is -1.85. The first-order chi connectivity index (χ1) is 4.04. The lowest BCUT2D eigenvalue weighted by atomic mass is 10.2. The van der Waals surface area contributed by atoms with Crippen LogP contribution in [-0.4, -0.2) is 27.4 Å². The molecule has 0 radical (unpaired) electrons. The van der Waals surface area contributed by atoms with Crippen molar-refractivity contribution in [3.05, 3.63) is 12.3 Å². The molecule has 0 saturated heterocycles. The number of aliphatic carboxylic acids is 1. The van der Waals surface area contributed by atoms with Crippen molar-refractivity contribution in [3.63, 3.8) is 0 Å². The topological polar surface area (TPSA) is 77.8 Å². The van der Waals surface area contributed by atoms with E-state index in [9.17, 15) is 4.79 Å². The van der Waals surface area contributed by atoms with Crippen LogP contribution in [0.4, 0.5) is 0 Å². The van der Waals surface area contributed by atoms with E-state index in [0.717, 1.165) is 0 Å². The van der Waals surface area contributed by atoms with Gasteiger partial charge in [0.05, 0.1) is 5.76 Å². The molecule has 0 aromatic heterocycles. The number of carboxylic acids is 1. The maximum Gasteiger partial charge on any atom is 0.332 e. The molecule has 0 heterocycles. The number of hydrogen-bond acceptors (Lipinski definition) is 3. The fourth-order valence-electron chi connectivity index (χ4n) is 0.310. The van der Waals surface area contributed by atoms with Crippen molar-refractivity contribution in [3.8, 4) is 0 Å². The lowest BCUT2D eigenvalue weighted by Gasteiger charge is -2.01. The molecule has 3 N–H and O–H groups in total. The molecule has 0 aliphatic heterocycles. The zero-order valence-electron chi connectivity index (χ0n) is 4.74. The van der Waals surface area contributed by atoms with Gasteiger partial charge in [-0.15, -0.1) is 0 Å². The van der Waals surface area contributed by atoms with Gasteiger partial charge >= 0.3 is 5.97 Å². The summed E-state index contributed by atoms with van der Waals surface area (Å²) in [6.45, 7) is 3.01. The predicted octanol–water partition coefficient (Wildman–Crippen LogP) is -0.106. The fourth-order valence-corrected chi connectivity index (χ4v) is 0.310. The summed E-state index contributed by atoms with van der Waals surface area (Å²) in [7, 11) is 0. The van der Waals surface area contributed by atoms with Crippen molar-refractivity contribution in [2.75, 3.05) is 0 Å². The first-order valence-corrected chi connectivity index (χ1v) is 2.31. The van der Waals surface area contributed by atoms with Gasteiger partial charge in [-0.2, -0.15) is 0 Å². The molecule has 0 aromatic rings. The third-order valence-electron chi connectivity index (χ3n) is 0.714. The summed E-state index contributed by atoms with van der Waals surface area (Å²) in [6, 6.07) is 0. The molecule has 0 aromatic carbocycles. The minimum atomic E-state index is -1.54. The van der Waals surface area contributed by atoms with E-state index in [4.69, 9.17) is 15.3 Å². The highest BCUT2D eigenvalue weighted by Gasteiger charge is 2.12. The van der Waals surface area contributed by atoms with Gasteiger partial charge in [0, 0.05) is 6.42 Å². The van der Waals surface area contributed by atoms with E-state index in [-0.39, 0.29) is 12.2 Å². The minimum Gasteiger partial charge on any atom is -0.513 e. The van der Waals surface area contributed by atoms with Crippen LogP contribution >= 0.6 is 0 Å². The van der Waals surface area contributed by atoms with Crippen molar-refractivity contribution in [2.45, 2.75) is 12.5 Å². The Morgan fingerprint density at radius 3 is 2.11 bits per heavy atom. The van der Waals surface area contributed by atoms with Crippen LogP contribution in [0.25, 0.3) is 0 Å². The van der Waals surface area contributed by atoms with Gasteiger partial charge in [-0.05, 0) is 0 Å². The van der Waals surface area contributed by atoms with E-state index in [0.29, 0.717) is 0 Å². The van der Waals surface area contributed by atoms with Gasteiger partial charge in [0.15, 0.2) is 6.10 Å². The Morgan fingerprint density at radius 1 is 1.56 bits per heavy atom. The summed E-state index contributed by atoms with van der Waals surface area (Å²) >= 11 is 0. The van der Waals surface area contributed by atoms with Gasteiger partial charge < -0.3 is 15.3 Å². The van der Waals surface area contributed by atoms with E-state index in [1.807, 2.05) is 0 Å². The highest BCUT2D eigenvalue weighted by molar-refractivity contribution is 5.72. The smallest absolute Gasteiger partial charge is 0.332 e. The van der Waals surface area contributed by atoms with E-state index >= 15 is 0 Å². The lowest BCUT2D eigenvalue weighted by Crippen LogP contribution is -2.19. The Kier molecular flexibility index (Phi) is 2.73. The summed E-state index contributed by atoms with van der Waals surface area (Å²) in [5.74, 6) is -1.69. The van der Waals surface area contributed by atoms with Crippen LogP contribution in [0.3, 0.4) is 0 Å². The average molecular weight is 132 g/mol. The molecule has 1 unspecified atom stereocenters. The van der Waals surface area contributed by atoms with Crippen molar-refractivity contribution in [1.82, 2.24) is 0 Å². The minimum absolute atomic E-state index is 0.310. The Morgan fingerprint density at radius 2 is 2.00 bits per heavy atom. The number of carboxylic acid groups (broad SMARTS) is 1. The van der Waals surface area contributed by atoms with Crippen LogP contribution < -0.4 is 0 Å². The number of carbonyl (C=O) groups is 1. The van der Waals surface area contributed by atoms with Crippen LogP contribution in [0.2, 0.25) is 0 Å². The van der Waals surface area contributed by atoms with Crippen molar-refractivity contribution in [1.29, 1.82) is 0 Å². The molecule has 0 spiro atoms. The molecule has 1 atom stereocenters. The maximum absolute atomic E-state index is 9.83. The van der Waals surface area contributed by atoms with Crippen LogP contribution in [0.5, 0.6) is 0 Å². The molecular formula is C5H8O4. The summed E-state index contributed by atoms with van der Waals surface area (Å²) < 4.78 is 0. The monoisotopic (exact) mass is 132 g/mol. The van der Waals surface area contributed by atoms with E-state index in [1.54, 1.807) is 0 Å². The molecule has 0 saturated carbocycles. The van der Waals surface area contributed by atoms with Crippen LogP contribution in [0.1, 0.15) is 6.42 Å². The van der Waals surface area contributed by atoms with E-state index in [1.165, 1.54) is 0 Å². The van der Waals surface area contributed by atoms with Gasteiger partial charge in [0.1, 0.15) is 0 Å². The Labute approximate surface area is 52.1 Å². The fraction of sp³-hybridized carbons (Fsp3) is 0.400. The largest absolute Gasteiger partial charge is 0.513 e. The zero-order chi connectivity index (χ0) is 7.44. The summed E-state index contributed by atoms with van der Waals surface area (Å²) in [4.78, 5) is 9.83. The molecule has 4 nitrogen and oxygen atoms in total. The predicted molar refractivity (Wildman–Crippen MR) is 30.0 cm³/mol. The standard InChI is InChI=1S/C5H8O4/c1-3(6)2-4(7)5(8)9/h4,6-7H,1-2H2,(H,8,9). The zero-order valence-corrected chi connectivity index (χ0v) is 4.74. The summed E-state index contributed by atoms with van der Waals surface area (Å²) in [5, 5.41) is 24.9. The van der Waals surface area contributed by atoms with Gasteiger partial charge in [-0.1, -0.05) is 6.58 Å². The highest BCUT2D eigenvalue weighted by atomic mass is 16.4. The van der Waals surface area contributed by atoms with Gasteiger partial charge in [-0.25, -0.2) is 4.79 Å². The van der Waals surface area contributed by atoms with Crippen LogP contribution in [0, 0.1) is 0 Å². The highest BCUT2D eigenvalue weighted by Crippen LogP contribution is 1.97. The molecule has 52 valence electrons. The van der Waals surface area contributed by atoms with Gasteiger partial charge in [-0.3, -0.25) is 0 Å². The quantitative estimate of drug-likeness (QED) is 0.468. The van der Waals surface area contributed by atoms with Crippen molar-refractivity contribution < 1.29 is 20.1 Å². The molecular weight excluding hydrogens is 124 g/mol. The average Bonchev–Trinajstić information content (AvgIpc) is 1.63. The van der Waals surface area contributed by atoms with E-state index < -0.39 is 12.1 Å². The molecule has 0 rings (SSSR count). The number of hydrogen-bond donors (Lipinski definition) is 3. The third kappa shape index (κ3) is 3.54. The van der Waals surface area contributed by atoms with Crippen LogP contribution in [-0.2, 0) is 4.79 Å². The summed E-state index contributed by atoms with van der Waals surface area (Å²) in [5.41, 5.74) is 0. The molecule has 0 amide bonds. The second kappa shape index (κ2) is 3.09. The maximum atomic E-state index is 9.83. The SMILES string of the molecule is C=C(O)CC(O)C(=O)O. The second-order valence-electron chi connectivity index (χ2n) is 1.62. The molecule has 4 heteroatoms. The van der Waals surface area contributed by atoms with E-state index in [2.05, 4.69) is 6.58 Å². The van der Waals surface area contributed by atoms with Crippen LogP contribution in [0.15, 0.2) is 12.3 Å². The molecule has 0 fully saturated rings. The van der Waals surface area contributed by atoms with Gasteiger partial charge in [0.2, 0.25) is 0 Å². The second-order valence-corrected chi connectivity index (χ2v) is 1.62. The third-order valence-corrected chi connectivity index (χ3v) is 0.714. The first-order valence-electron chi connectivity index (χ1n) is 2.31. The Balaban J connectivity index is 3.63. The normalized spacial score (nSPS) is 12.6. The first kappa shape index (κ1) is 7.97. The lowest BCUT2D eigenvalue weighted by molar-refractivity contribution is -0.146. The van der Waals surface area contributed by atoms with Crippen molar-refractivity contribution >= 4 is 5.97 Å². The molecule has 0 aliphatic rings. The molecule has 9 heavy (non-hydrogen) atoms. The molecule has 0 aliphatic carbocycles.